The van der Waals surface area contributed by atoms with Crippen molar-refractivity contribution in [2.45, 2.75) is 37.5 Å². The van der Waals surface area contributed by atoms with Crippen molar-refractivity contribution in [2.75, 3.05) is 32.7 Å². The third kappa shape index (κ3) is 4.33. The van der Waals surface area contributed by atoms with E-state index in [-0.39, 0.29) is 6.03 Å². The molecule has 1 N–H and O–H groups in total. The van der Waals surface area contributed by atoms with Crippen LogP contribution < -0.4 is 5.32 Å². The molecule has 1 saturated carbocycles. The van der Waals surface area contributed by atoms with Crippen LogP contribution in [-0.2, 0) is 10.0 Å². The molecule has 25 heavy (non-hydrogen) atoms. The zero-order valence-corrected chi connectivity index (χ0v) is 15.6. The van der Waals surface area contributed by atoms with Gasteiger partial charge < -0.3 is 10.2 Å². The number of aryl methyl sites for hydroxylation is 1. The molecule has 7 heteroatoms. The van der Waals surface area contributed by atoms with Gasteiger partial charge in [-0.15, -0.1) is 0 Å². The summed E-state index contributed by atoms with van der Waals surface area (Å²) in [6, 6.07) is 6.83. The standard InChI is InChI=1S/C18H27N3O3S/c1-15-6-8-17(9-7-15)25(23,24)21-12-10-20(11-13-21)18(22)19-14-16-4-2-3-5-16/h6-9,16H,2-5,10-14H2,1H3,(H,19,22). The van der Waals surface area contributed by atoms with Gasteiger partial charge in [0.25, 0.3) is 0 Å². The van der Waals surface area contributed by atoms with Gasteiger partial charge >= 0.3 is 6.03 Å². The molecular weight excluding hydrogens is 338 g/mol. The maximum atomic E-state index is 12.7. The van der Waals surface area contributed by atoms with Crippen LogP contribution in [0.5, 0.6) is 0 Å². The molecule has 2 amide bonds. The Morgan fingerprint density at radius 2 is 1.68 bits per heavy atom. The van der Waals surface area contributed by atoms with Gasteiger partial charge in [0.15, 0.2) is 0 Å². The van der Waals surface area contributed by atoms with Gasteiger partial charge in [0.2, 0.25) is 10.0 Å². The lowest BCUT2D eigenvalue weighted by atomic mass is 10.1. The summed E-state index contributed by atoms with van der Waals surface area (Å²) in [5, 5.41) is 3.00. The van der Waals surface area contributed by atoms with E-state index in [2.05, 4.69) is 5.32 Å². The number of benzene rings is 1. The summed E-state index contributed by atoms with van der Waals surface area (Å²) in [7, 11) is -3.48. The number of piperazine rings is 1. The normalized spacial score (nSPS) is 20.0. The molecule has 0 atom stereocenters. The average Bonchev–Trinajstić information content (AvgIpc) is 3.14. The SMILES string of the molecule is Cc1ccc(S(=O)(=O)N2CCN(C(=O)NCC3CCCC3)CC2)cc1. The maximum absolute atomic E-state index is 12.7. The molecule has 3 rings (SSSR count). The number of nitrogens with zero attached hydrogens (tertiary/aromatic N) is 2. The molecule has 2 aliphatic rings. The maximum Gasteiger partial charge on any atom is 0.317 e. The van der Waals surface area contributed by atoms with Crippen molar-refractivity contribution in [3.63, 3.8) is 0 Å². The number of carbonyl (C=O) groups excluding carboxylic acids is 1. The zero-order valence-electron chi connectivity index (χ0n) is 14.8. The Hall–Kier alpha value is -1.60. The van der Waals surface area contributed by atoms with Crippen LogP contribution in [0.25, 0.3) is 0 Å². The van der Waals surface area contributed by atoms with Crippen molar-refractivity contribution in [1.29, 1.82) is 0 Å². The van der Waals surface area contributed by atoms with E-state index in [0.717, 1.165) is 12.1 Å². The van der Waals surface area contributed by atoms with Gasteiger partial charge in [0, 0.05) is 32.7 Å². The second-order valence-corrected chi connectivity index (χ2v) is 8.98. The minimum absolute atomic E-state index is 0.0701. The third-order valence-electron chi connectivity index (χ3n) is 5.20. The molecule has 1 aromatic rings. The molecule has 0 spiro atoms. The molecule has 138 valence electrons. The smallest absolute Gasteiger partial charge is 0.317 e. The Morgan fingerprint density at radius 1 is 1.08 bits per heavy atom. The Balaban J connectivity index is 1.52. The van der Waals surface area contributed by atoms with E-state index in [1.807, 2.05) is 6.92 Å². The summed E-state index contributed by atoms with van der Waals surface area (Å²) < 4.78 is 26.8. The monoisotopic (exact) mass is 365 g/mol. The molecule has 0 unspecified atom stereocenters. The number of carbonyl (C=O) groups is 1. The molecule has 0 radical (unpaired) electrons. The second-order valence-electron chi connectivity index (χ2n) is 7.04. The van der Waals surface area contributed by atoms with Gasteiger partial charge in [0.05, 0.1) is 4.90 Å². The highest BCUT2D eigenvalue weighted by molar-refractivity contribution is 7.89. The number of nitrogens with one attached hydrogen (secondary N) is 1. The molecule has 1 heterocycles. The van der Waals surface area contributed by atoms with E-state index in [0.29, 0.717) is 37.0 Å². The largest absolute Gasteiger partial charge is 0.338 e. The molecule has 0 bridgehead atoms. The van der Waals surface area contributed by atoms with E-state index in [1.165, 1.54) is 30.0 Å². The molecule has 1 aliphatic heterocycles. The van der Waals surface area contributed by atoms with Crippen molar-refractivity contribution in [2.24, 2.45) is 5.92 Å². The van der Waals surface area contributed by atoms with Crippen LogP contribution in [0.2, 0.25) is 0 Å². The minimum Gasteiger partial charge on any atom is -0.338 e. The molecule has 6 nitrogen and oxygen atoms in total. The molecule has 2 fully saturated rings. The van der Waals surface area contributed by atoms with Crippen LogP contribution in [0, 0.1) is 12.8 Å². The van der Waals surface area contributed by atoms with Crippen LogP contribution in [0.15, 0.2) is 29.2 Å². The summed E-state index contributed by atoms with van der Waals surface area (Å²) in [5.74, 6) is 0.604. The molecule has 1 saturated heterocycles. The first-order valence-electron chi connectivity index (χ1n) is 9.06. The van der Waals surface area contributed by atoms with E-state index >= 15 is 0 Å². The Morgan fingerprint density at radius 3 is 2.28 bits per heavy atom. The average molecular weight is 365 g/mol. The van der Waals surface area contributed by atoms with Crippen LogP contribution in [-0.4, -0.2) is 56.4 Å². The lowest BCUT2D eigenvalue weighted by Crippen LogP contribution is -2.53. The summed E-state index contributed by atoms with van der Waals surface area (Å²) in [5.41, 5.74) is 1.03. The number of sulfonamides is 1. The van der Waals surface area contributed by atoms with Crippen molar-refractivity contribution in [1.82, 2.24) is 14.5 Å². The second kappa shape index (κ2) is 7.74. The Labute approximate surface area is 150 Å². The minimum atomic E-state index is -3.48. The van der Waals surface area contributed by atoms with E-state index in [1.54, 1.807) is 29.2 Å². The van der Waals surface area contributed by atoms with Crippen LogP contribution in [0.4, 0.5) is 4.79 Å². The van der Waals surface area contributed by atoms with Gasteiger partial charge in [-0.3, -0.25) is 0 Å². The quantitative estimate of drug-likeness (QED) is 0.889. The van der Waals surface area contributed by atoms with E-state index in [4.69, 9.17) is 0 Å². The van der Waals surface area contributed by atoms with Crippen molar-refractivity contribution < 1.29 is 13.2 Å². The first-order chi connectivity index (χ1) is 12.0. The molecule has 0 aromatic heterocycles. The first-order valence-corrected chi connectivity index (χ1v) is 10.5. The molecule has 1 aliphatic carbocycles. The summed E-state index contributed by atoms with van der Waals surface area (Å²) >= 11 is 0. The number of hydrogen-bond donors (Lipinski definition) is 1. The summed E-state index contributed by atoms with van der Waals surface area (Å²) in [4.78, 5) is 14.3. The number of urea groups is 1. The lowest BCUT2D eigenvalue weighted by molar-refractivity contribution is 0.171. The highest BCUT2D eigenvalue weighted by Gasteiger charge is 2.30. The topological polar surface area (TPSA) is 69.7 Å². The highest BCUT2D eigenvalue weighted by Crippen LogP contribution is 2.24. The van der Waals surface area contributed by atoms with Crippen molar-refractivity contribution in [3.05, 3.63) is 29.8 Å². The molecular formula is C18H27N3O3S. The fourth-order valence-corrected chi connectivity index (χ4v) is 4.97. The van der Waals surface area contributed by atoms with Gasteiger partial charge in [-0.05, 0) is 37.8 Å². The van der Waals surface area contributed by atoms with Gasteiger partial charge in [-0.2, -0.15) is 4.31 Å². The van der Waals surface area contributed by atoms with Gasteiger partial charge in [0.1, 0.15) is 0 Å². The fraction of sp³-hybridized carbons (Fsp3) is 0.611. The lowest BCUT2D eigenvalue weighted by Gasteiger charge is -2.34. The van der Waals surface area contributed by atoms with Crippen LogP contribution >= 0.6 is 0 Å². The van der Waals surface area contributed by atoms with Crippen molar-refractivity contribution >= 4 is 16.1 Å². The number of rotatable bonds is 4. The summed E-state index contributed by atoms with van der Waals surface area (Å²) in [6.07, 6.45) is 4.91. The van der Waals surface area contributed by atoms with Crippen molar-refractivity contribution in [3.8, 4) is 0 Å². The Kier molecular flexibility index (Phi) is 5.64. The fourth-order valence-electron chi connectivity index (χ4n) is 3.55. The Bertz CT molecular complexity index is 689. The van der Waals surface area contributed by atoms with E-state index < -0.39 is 10.0 Å². The first kappa shape index (κ1) is 18.2. The van der Waals surface area contributed by atoms with Gasteiger partial charge in [-0.1, -0.05) is 30.5 Å². The number of hydrogen-bond acceptors (Lipinski definition) is 3. The van der Waals surface area contributed by atoms with Crippen LogP contribution in [0.1, 0.15) is 31.2 Å². The number of amides is 2. The van der Waals surface area contributed by atoms with Crippen LogP contribution in [0.3, 0.4) is 0 Å². The predicted octanol–water partition coefficient (Wildman–Crippen LogP) is 2.20. The third-order valence-corrected chi connectivity index (χ3v) is 7.11. The van der Waals surface area contributed by atoms with E-state index in [9.17, 15) is 13.2 Å². The highest BCUT2D eigenvalue weighted by atomic mass is 32.2. The summed E-state index contributed by atoms with van der Waals surface area (Å²) in [6.45, 7) is 4.21. The van der Waals surface area contributed by atoms with Gasteiger partial charge in [-0.25, -0.2) is 13.2 Å². The predicted molar refractivity (Wildman–Crippen MR) is 96.9 cm³/mol. The zero-order chi connectivity index (χ0) is 17.9. The molecule has 1 aromatic carbocycles.